The summed E-state index contributed by atoms with van der Waals surface area (Å²) in [4.78, 5) is 17.2. The third-order valence-corrected chi connectivity index (χ3v) is 4.69. The molecule has 0 amide bonds. The molecule has 0 saturated carbocycles. The number of thiazole rings is 1. The number of rotatable bonds is 4. The highest BCUT2D eigenvalue weighted by Gasteiger charge is 2.24. The second-order valence-electron chi connectivity index (χ2n) is 5.85. The number of hydrogen-bond donors (Lipinski definition) is 1. The lowest BCUT2D eigenvalue weighted by molar-refractivity contribution is -0.142. The number of esters is 1. The van der Waals surface area contributed by atoms with Crippen molar-refractivity contribution in [2.45, 2.75) is 59.0 Å². The fourth-order valence-corrected chi connectivity index (χ4v) is 2.96. The van der Waals surface area contributed by atoms with Crippen LogP contribution < -0.4 is 5.32 Å². The van der Waals surface area contributed by atoms with Gasteiger partial charge in [0.15, 0.2) is 0 Å². The number of methoxy groups -OCH3 is 1. The molecule has 0 bridgehead atoms. The first-order chi connectivity index (χ1) is 8.66. The lowest BCUT2D eigenvalue weighted by Gasteiger charge is -2.17. The maximum absolute atomic E-state index is 11.4. The number of nitrogens with zero attached hydrogens (tertiary/aromatic N) is 1. The largest absolute Gasteiger partial charge is 0.468 e. The Labute approximate surface area is 119 Å². The molecule has 0 spiro atoms. The summed E-state index contributed by atoms with van der Waals surface area (Å²) in [6.45, 7) is 12.3. The minimum absolute atomic E-state index is 0.0569. The van der Waals surface area contributed by atoms with Crippen molar-refractivity contribution in [3.63, 3.8) is 0 Å². The Kier molecular flexibility index (Phi) is 5.10. The van der Waals surface area contributed by atoms with E-state index in [1.807, 2.05) is 20.8 Å². The molecule has 0 aliphatic rings. The molecule has 0 aliphatic heterocycles. The Morgan fingerprint density at radius 2 is 1.95 bits per heavy atom. The fourth-order valence-electron chi connectivity index (χ4n) is 1.83. The van der Waals surface area contributed by atoms with Crippen molar-refractivity contribution in [1.29, 1.82) is 0 Å². The first-order valence-corrected chi connectivity index (χ1v) is 7.30. The van der Waals surface area contributed by atoms with E-state index in [1.165, 1.54) is 12.0 Å². The molecular weight excluding hydrogens is 260 g/mol. The third-order valence-electron chi connectivity index (χ3n) is 2.92. The van der Waals surface area contributed by atoms with Crippen molar-refractivity contribution in [3.05, 3.63) is 15.6 Å². The molecule has 19 heavy (non-hydrogen) atoms. The molecule has 1 heterocycles. The van der Waals surface area contributed by atoms with E-state index in [9.17, 15) is 4.79 Å². The van der Waals surface area contributed by atoms with Crippen LogP contribution in [0.4, 0.5) is 0 Å². The van der Waals surface area contributed by atoms with Crippen LogP contribution in [-0.2, 0) is 14.9 Å². The molecule has 1 aromatic heterocycles. The summed E-state index contributed by atoms with van der Waals surface area (Å²) >= 11 is 1.71. The van der Waals surface area contributed by atoms with Gasteiger partial charge in [-0.25, -0.2) is 4.98 Å². The van der Waals surface area contributed by atoms with Crippen molar-refractivity contribution in [2.75, 3.05) is 7.11 Å². The summed E-state index contributed by atoms with van der Waals surface area (Å²) in [5.74, 6) is -0.245. The summed E-state index contributed by atoms with van der Waals surface area (Å²) in [6, 6.07) is -0.234. The predicted octanol–water partition coefficient (Wildman–Crippen LogP) is 2.96. The summed E-state index contributed by atoms with van der Waals surface area (Å²) in [7, 11) is 1.40. The third kappa shape index (κ3) is 4.01. The molecule has 1 unspecified atom stereocenters. The first-order valence-electron chi connectivity index (χ1n) is 6.48. The van der Waals surface area contributed by atoms with Gasteiger partial charge in [-0.2, -0.15) is 0 Å². The van der Waals surface area contributed by atoms with Crippen LogP contribution in [0.25, 0.3) is 0 Å². The van der Waals surface area contributed by atoms with Crippen molar-refractivity contribution >= 4 is 17.3 Å². The molecule has 1 rings (SSSR count). The second kappa shape index (κ2) is 6.01. The van der Waals surface area contributed by atoms with E-state index >= 15 is 0 Å². The predicted molar refractivity (Wildman–Crippen MR) is 78.6 cm³/mol. The zero-order valence-electron chi connectivity index (χ0n) is 12.8. The first kappa shape index (κ1) is 16.1. The average Bonchev–Trinajstić information content (AvgIpc) is 2.69. The highest BCUT2D eigenvalue weighted by molar-refractivity contribution is 7.12. The average molecular weight is 284 g/mol. The van der Waals surface area contributed by atoms with Crippen LogP contribution >= 0.6 is 11.3 Å². The highest BCUT2D eigenvalue weighted by Crippen LogP contribution is 2.32. The monoisotopic (exact) mass is 284 g/mol. The Morgan fingerprint density at radius 3 is 2.37 bits per heavy atom. The normalized spacial score (nSPS) is 15.1. The Hall–Kier alpha value is -0.940. The number of nitrogens with one attached hydrogen (secondary N) is 1. The van der Waals surface area contributed by atoms with E-state index in [0.717, 1.165) is 10.7 Å². The van der Waals surface area contributed by atoms with Gasteiger partial charge >= 0.3 is 5.97 Å². The SMILES string of the molecule is COC(=O)[C@H](C)NC(C)c1sc(C(C)(C)C)nc1C. The van der Waals surface area contributed by atoms with E-state index in [0.29, 0.717) is 0 Å². The quantitative estimate of drug-likeness (QED) is 0.864. The van der Waals surface area contributed by atoms with E-state index in [2.05, 4.69) is 31.1 Å². The molecule has 1 N–H and O–H groups in total. The maximum Gasteiger partial charge on any atom is 0.322 e. The summed E-state index contributed by atoms with van der Waals surface area (Å²) < 4.78 is 4.72. The van der Waals surface area contributed by atoms with Crippen molar-refractivity contribution in [2.24, 2.45) is 0 Å². The molecular formula is C14H24N2O2S. The Morgan fingerprint density at radius 1 is 1.37 bits per heavy atom. The van der Waals surface area contributed by atoms with Gasteiger partial charge in [0.1, 0.15) is 6.04 Å². The lowest BCUT2D eigenvalue weighted by atomic mass is 9.98. The van der Waals surface area contributed by atoms with Crippen LogP contribution in [0.15, 0.2) is 0 Å². The molecule has 2 atom stereocenters. The number of aromatic nitrogens is 1. The second-order valence-corrected chi connectivity index (χ2v) is 6.88. The van der Waals surface area contributed by atoms with E-state index < -0.39 is 0 Å². The fraction of sp³-hybridized carbons (Fsp3) is 0.714. The van der Waals surface area contributed by atoms with Crippen molar-refractivity contribution in [1.82, 2.24) is 10.3 Å². The molecule has 108 valence electrons. The highest BCUT2D eigenvalue weighted by atomic mass is 32.1. The molecule has 0 aromatic carbocycles. The van der Waals surface area contributed by atoms with Crippen LogP contribution in [0, 0.1) is 6.92 Å². The number of carbonyl (C=O) groups excluding carboxylic acids is 1. The van der Waals surface area contributed by atoms with Crippen LogP contribution in [0.3, 0.4) is 0 Å². The number of ether oxygens (including phenoxy) is 1. The molecule has 1 aromatic rings. The minimum Gasteiger partial charge on any atom is -0.468 e. The van der Waals surface area contributed by atoms with Gasteiger partial charge in [-0.05, 0) is 20.8 Å². The van der Waals surface area contributed by atoms with Gasteiger partial charge in [-0.15, -0.1) is 11.3 Å². The zero-order chi connectivity index (χ0) is 14.8. The van der Waals surface area contributed by atoms with Crippen LogP contribution in [0.5, 0.6) is 0 Å². The summed E-state index contributed by atoms with van der Waals surface area (Å²) in [5, 5.41) is 4.37. The van der Waals surface area contributed by atoms with Crippen LogP contribution in [0.1, 0.15) is 56.2 Å². The number of hydrogen-bond acceptors (Lipinski definition) is 5. The molecule has 0 aliphatic carbocycles. The van der Waals surface area contributed by atoms with Gasteiger partial charge in [-0.3, -0.25) is 10.1 Å². The standard InChI is InChI=1S/C14H24N2O2S/c1-8(15-10(3)12(17)18-7)11-9(2)16-13(19-11)14(4,5)6/h8,10,15H,1-7H3/t8?,10-/m0/s1. The van der Waals surface area contributed by atoms with Gasteiger partial charge in [0, 0.05) is 16.3 Å². The van der Waals surface area contributed by atoms with Crippen LogP contribution in [0.2, 0.25) is 0 Å². The molecule has 5 heteroatoms. The van der Waals surface area contributed by atoms with Gasteiger partial charge < -0.3 is 4.74 Å². The maximum atomic E-state index is 11.4. The van der Waals surface area contributed by atoms with Gasteiger partial charge in [0.2, 0.25) is 0 Å². The van der Waals surface area contributed by atoms with Crippen LogP contribution in [-0.4, -0.2) is 24.1 Å². The smallest absolute Gasteiger partial charge is 0.322 e. The van der Waals surface area contributed by atoms with E-state index in [-0.39, 0.29) is 23.5 Å². The van der Waals surface area contributed by atoms with Gasteiger partial charge in [0.25, 0.3) is 0 Å². The molecule has 0 saturated heterocycles. The van der Waals surface area contributed by atoms with E-state index in [4.69, 9.17) is 4.74 Å². The number of aryl methyl sites for hydroxylation is 1. The lowest BCUT2D eigenvalue weighted by Crippen LogP contribution is -2.36. The van der Waals surface area contributed by atoms with E-state index in [1.54, 1.807) is 11.3 Å². The number of carbonyl (C=O) groups is 1. The summed E-state index contributed by atoms with van der Waals surface area (Å²) in [5.41, 5.74) is 1.09. The molecule has 0 fully saturated rings. The zero-order valence-corrected chi connectivity index (χ0v) is 13.6. The molecule has 0 radical (unpaired) electrons. The Bertz CT molecular complexity index is 449. The van der Waals surface area contributed by atoms with Gasteiger partial charge in [-0.1, -0.05) is 20.8 Å². The van der Waals surface area contributed by atoms with Crippen molar-refractivity contribution < 1.29 is 9.53 Å². The van der Waals surface area contributed by atoms with Crippen molar-refractivity contribution in [3.8, 4) is 0 Å². The topological polar surface area (TPSA) is 51.2 Å². The summed E-state index contributed by atoms with van der Waals surface area (Å²) in [6.07, 6.45) is 0. The minimum atomic E-state index is -0.320. The van der Waals surface area contributed by atoms with Gasteiger partial charge in [0.05, 0.1) is 17.8 Å². The Balaban J connectivity index is 2.86. The molecule has 4 nitrogen and oxygen atoms in total.